The minimum absolute atomic E-state index is 0.0813. The zero-order chi connectivity index (χ0) is 29.3. The fourth-order valence-electron chi connectivity index (χ4n) is 5.33. The quantitative estimate of drug-likeness (QED) is 0.167. The number of imidazole rings is 1. The molecule has 1 aliphatic carbocycles. The molecule has 0 spiro atoms. The Balaban J connectivity index is 1.38. The van der Waals surface area contributed by atoms with E-state index in [1.807, 2.05) is 60.2 Å². The van der Waals surface area contributed by atoms with Crippen molar-refractivity contribution in [2.75, 3.05) is 10.6 Å². The highest BCUT2D eigenvalue weighted by molar-refractivity contribution is 6.30. The maximum atomic E-state index is 13.6. The number of anilines is 2. The summed E-state index contributed by atoms with van der Waals surface area (Å²) in [6.07, 6.45) is 10.2. The average Bonchev–Trinajstić information content (AvgIpc) is 3.45. The smallest absolute Gasteiger partial charge is 0.242 e. The standard InChI is InChI=1S/C32H35ClN8O/c1-22-35-15-16-41(22)30-19-29(39-32(40-30)37-21-25-9-6-10-26(33)17-25)38-28(18-23-7-4-3-5-8-23)31(42)36-20-24-11-13-27(34-2)14-12-24/h6,9-17,19,23,28H,3-5,7-8,18,20-21H2,1H3,(H,36,42)(H2,37,38,39,40)/t28-/m1/s1. The molecule has 1 aliphatic rings. The molecule has 2 heterocycles. The highest BCUT2D eigenvalue weighted by atomic mass is 35.5. The largest absolute Gasteiger partial charge is 0.358 e. The molecule has 216 valence electrons. The van der Waals surface area contributed by atoms with Gasteiger partial charge >= 0.3 is 0 Å². The maximum Gasteiger partial charge on any atom is 0.242 e. The van der Waals surface area contributed by atoms with Crippen LogP contribution in [0.2, 0.25) is 5.02 Å². The van der Waals surface area contributed by atoms with Crippen LogP contribution in [0.15, 0.2) is 67.0 Å². The van der Waals surface area contributed by atoms with Crippen LogP contribution in [0.4, 0.5) is 17.5 Å². The van der Waals surface area contributed by atoms with E-state index in [2.05, 4.69) is 25.8 Å². The van der Waals surface area contributed by atoms with Gasteiger partial charge in [-0.25, -0.2) is 9.83 Å². The van der Waals surface area contributed by atoms with Gasteiger partial charge in [0.05, 0.1) is 6.57 Å². The van der Waals surface area contributed by atoms with Gasteiger partial charge in [0.15, 0.2) is 5.69 Å². The van der Waals surface area contributed by atoms with E-state index in [1.165, 1.54) is 19.3 Å². The van der Waals surface area contributed by atoms with Crippen molar-refractivity contribution in [2.24, 2.45) is 5.92 Å². The van der Waals surface area contributed by atoms with E-state index in [-0.39, 0.29) is 5.91 Å². The number of nitrogens with zero attached hydrogens (tertiary/aromatic N) is 5. The van der Waals surface area contributed by atoms with Crippen molar-refractivity contribution >= 4 is 35.0 Å². The Morgan fingerprint density at radius 3 is 2.60 bits per heavy atom. The number of hydrogen-bond acceptors (Lipinski definition) is 6. The summed E-state index contributed by atoms with van der Waals surface area (Å²) in [5.41, 5.74) is 2.53. The Morgan fingerprint density at radius 2 is 1.88 bits per heavy atom. The van der Waals surface area contributed by atoms with Crippen LogP contribution < -0.4 is 16.0 Å². The summed E-state index contributed by atoms with van der Waals surface area (Å²) in [7, 11) is 0. The van der Waals surface area contributed by atoms with Crippen molar-refractivity contribution in [3.63, 3.8) is 0 Å². The molecule has 0 radical (unpaired) electrons. The Morgan fingerprint density at radius 1 is 1.07 bits per heavy atom. The van der Waals surface area contributed by atoms with Gasteiger partial charge in [-0.3, -0.25) is 9.36 Å². The van der Waals surface area contributed by atoms with Crippen molar-refractivity contribution in [1.82, 2.24) is 24.8 Å². The van der Waals surface area contributed by atoms with E-state index in [0.29, 0.717) is 47.3 Å². The fraction of sp³-hybridized carbons (Fsp3) is 0.344. The van der Waals surface area contributed by atoms with E-state index in [0.717, 1.165) is 36.2 Å². The first-order valence-corrected chi connectivity index (χ1v) is 14.7. The zero-order valence-corrected chi connectivity index (χ0v) is 24.4. The fourth-order valence-corrected chi connectivity index (χ4v) is 5.54. The number of amides is 1. The van der Waals surface area contributed by atoms with E-state index in [1.54, 1.807) is 18.3 Å². The Labute approximate surface area is 251 Å². The van der Waals surface area contributed by atoms with Gasteiger partial charge in [0.25, 0.3) is 0 Å². The van der Waals surface area contributed by atoms with Gasteiger partial charge < -0.3 is 16.0 Å². The van der Waals surface area contributed by atoms with Crippen LogP contribution in [0, 0.1) is 19.4 Å². The lowest BCUT2D eigenvalue weighted by Crippen LogP contribution is -2.41. The van der Waals surface area contributed by atoms with E-state index >= 15 is 0 Å². The van der Waals surface area contributed by atoms with Crippen molar-refractivity contribution < 1.29 is 4.79 Å². The third kappa shape index (κ3) is 7.86. The number of halogens is 1. The molecule has 10 heteroatoms. The molecule has 1 saturated carbocycles. The van der Waals surface area contributed by atoms with Crippen molar-refractivity contribution in [3.05, 3.63) is 100 Å². The predicted octanol–water partition coefficient (Wildman–Crippen LogP) is 6.85. The number of hydrogen-bond donors (Lipinski definition) is 3. The molecule has 9 nitrogen and oxygen atoms in total. The summed E-state index contributed by atoms with van der Waals surface area (Å²) >= 11 is 6.18. The van der Waals surface area contributed by atoms with Crippen LogP contribution in [0.3, 0.4) is 0 Å². The lowest BCUT2D eigenvalue weighted by atomic mass is 9.84. The lowest BCUT2D eigenvalue weighted by Gasteiger charge is -2.27. The van der Waals surface area contributed by atoms with Gasteiger partial charge in [0.2, 0.25) is 11.9 Å². The van der Waals surface area contributed by atoms with Gasteiger partial charge in [-0.05, 0) is 42.5 Å². The monoisotopic (exact) mass is 582 g/mol. The van der Waals surface area contributed by atoms with E-state index < -0.39 is 6.04 Å². The van der Waals surface area contributed by atoms with E-state index in [4.69, 9.17) is 28.1 Å². The first kappa shape index (κ1) is 29.1. The first-order valence-electron chi connectivity index (χ1n) is 14.3. The molecule has 0 bridgehead atoms. The number of aromatic nitrogens is 4. The topological polar surface area (TPSA) is 101 Å². The molecular formula is C32H35ClN8O. The number of aryl methyl sites for hydroxylation is 1. The van der Waals surface area contributed by atoms with E-state index in [9.17, 15) is 4.79 Å². The Bertz CT molecular complexity index is 1540. The molecule has 0 unspecified atom stereocenters. The molecule has 1 fully saturated rings. The van der Waals surface area contributed by atoms with Gasteiger partial charge in [0, 0.05) is 36.6 Å². The Hall–Kier alpha value is -4.42. The summed E-state index contributed by atoms with van der Waals surface area (Å²) in [5.74, 6) is 2.81. The summed E-state index contributed by atoms with van der Waals surface area (Å²) in [6.45, 7) is 9.95. The first-order chi connectivity index (χ1) is 20.5. The third-order valence-corrected chi connectivity index (χ3v) is 7.82. The number of carbonyl (C=O) groups excluding carboxylic acids is 1. The summed E-state index contributed by atoms with van der Waals surface area (Å²) in [4.78, 5) is 30.9. The van der Waals surface area contributed by atoms with Gasteiger partial charge in [-0.1, -0.05) is 80.1 Å². The normalized spacial score (nSPS) is 14.1. The van der Waals surface area contributed by atoms with Crippen molar-refractivity contribution in [1.29, 1.82) is 0 Å². The molecular weight excluding hydrogens is 548 g/mol. The van der Waals surface area contributed by atoms with Crippen LogP contribution in [0.5, 0.6) is 0 Å². The molecule has 42 heavy (non-hydrogen) atoms. The van der Waals surface area contributed by atoms with Crippen LogP contribution in [0.1, 0.15) is 55.5 Å². The molecule has 3 N–H and O–H groups in total. The van der Waals surface area contributed by atoms with Crippen LogP contribution in [0.25, 0.3) is 10.7 Å². The highest BCUT2D eigenvalue weighted by Gasteiger charge is 2.25. The molecule has 4 aromatic rings. The highest BCUT2D eigenvalue weighted by Crippen LogP contribution is 2.29. The minimum atomic E-state index is -0.469. The zero-order valence-electron chi connectivity index (χ0n) is 23.7. The SMILES string of the molecule is [C-]#[N+]c1ccc(CNC(=O)[C@@H](CC2CCCCC2)Nc2cc(-n3ccnc3C)nc(NCc3cccc(Cl)c3)n2)cc1. The third-order valence-electron chi connectivity index (χ3n) is 7.59. The molecule has 2 aromatic carbocycles. The van der Waals surface area contributed by atoms with Gasteiger partial charge in [0.1, 0.15) is 23.5 Å². The number of nitrogens with one attached hydrogen (secondary N) is 3. The average molecular weight is 583 g/mol. The maximum absolute atomic E-state index is 13.6. The second-order valence-electron chi connectivity index (χ2n) is 10.7. The Kier molecular flexibility index (Phi) is 9.67. The summed E-state index contributed by atoms with van der Waals surface area (Å²) in [5, 5.41) is 10.5. The van der Waals surface area contributed by atoms with Gasteiger partial charge in [-0.15, -0.1) is 0 Å². The van der Waals surface area contributed by atoms with Crippen molar-refractivity contribution in [2.45, 2.75) is 64.6 Å². The molecule has 5 rings (SSSR count). The number of rotatable bonds is 11. The second-order valence-corrected chi connectivity index (χ2v) is 11.1. The summed E-state index contributed by atoms with van der Waals surface area (Å²) in [6, 6.07) is 16.3. The van der Waals surface area contributed by atoms with Crippen LogP contribution >= 0.6 is 11.6 Å². The van der Waals surface area contributed by atoms with Gasteiger partial charge in [-0.2, -0.15) is 9.97 Å². The minimum Gasteiger partial charge on any atom is -0.358 e. The van der Waals surface area contributed by atoms with Crippen LogP contribution in [-0.4, -0.2) is 31.5 Å². The number of benzene rings is 2. The molecule has 0 saturated heterocycles. The lowest BCUT2D eigenvalue weighted by molar-refractivity contribution is -0.122. The molecule has 0 aliphatic heterocycles. The summed E-state index contributed by atoms with van der Waals surface area (Å²) < 4.78 is 1.89. The number of carbonyl (C=O) groups is 1. The molecule has 2 aromatic heterocycles. The van der Waals surface area contributed by atoms with Crippen molar-refractivity contribution in [3.8, 4) is 5.82 Å². The second kappa shape index (κ2) is 14.0. The molecule has 1 amide bonds. The molecule has 1 atom stereocenters. The van der Waals surface area contributed by atoms with Crippen LogP contribution in [-0.2, 0) is 17.9 Å². The predicted molar refractivity (Wildman–Crippen MR) is 166 cm³/mol.